The molecule has 0 aliphatic carbocycles. The minimum Gasteiger partial charge on any atom is -0.496 e. The first-order chi connectivity index (χ1) is 19.7. The molecule has 6 rings (SSSR count). The van der Waals surface area contributed by atoms with Gasteiger partial charge in [0.1, 0.15) is 23.0 Å². The second-order valence-electron chi connectivity index (χ2n) is 9.51. The first kappa shape index (κ1) is 25.3. The zero-order chi connectivity index (χ0) is 27.6. The van der Waals surface area contributed by atoms with Gasteiger partial charge < -0.3 is 18.9 Å². The van der Waals surface area contributed by atoms with Crippen molar-refractivity contribution in [2.75, 3.05) is 28.4 Å². The van der Waals surface area contributed by atoms with Crippen molar-refractivity contribution in [1.82, 2.24) is 0 Å². The Labute approximate surface area is 234 Å². The van der Waals surface area contributed by atoms with Gasteiger partial charge in [-0.2, -0.15) is 0 Å². The molecule has 40 heavy (non-hydrogen) atoms. The van der Waals surface area contributed by atoms with E-state index in [1.165, 1.54) is 0 Å². The third-order valence-electron chi connectivity index (χ3n) is 7.46. The van der Waals surface area contributed by atoms with E-state index in [-0.39, 0.29) is 0 Å². The Kier molecular flexibility index (Phi) is 6.75. The van der Waals surface area contributed by atoms with Crippen LogP contribution in [0.4, 0.5) is 0 Å². The average Bonchev–Trinajstić information content (AvgIpc) is 3.02. The van der Waals surface area contributed by atoms with Crippen LogP contribution in [0, 0.1) is 0 Å². The Bertz CT molecular complexity index is 1720. The van der Waals surface area contributed by atoms with E-state index >= 15 is 0 Å². The van der Waals surface area contributed by atoms with Crippen LogP contribution in [0.2, 0.25) is 0 Å². The molecule has 198 valence electrons. The van der Waals surface area contributed by atoms with Gasteiger partial charge in [-0.15, -0.1) is 0 Å². The van der Waals surface area contributed by atoms with Crippen molar-refractivity contribution in [3.8, 4) is 56.4 Å². The summed E-state index contributed by atoms with van der Waals surface area (Å²) in [7, 11) is 6.84. The highest BCUT2D eigenvalue weighted by atomic mass is 16.5. The van der Waals surface area contributed by atoms with Crippen LogP contribution >= 0.6 is 0 Å². The Hall–Kier alpha value is -4.96. The summed E-state index contributed by atoms with van der Waals surface area (Å²) in [6, 6.07) is 37.2. The number of para-hydroxylation sites is 2. The van der Waals surface area contributed by atoms with E-state index in [0.717, 1.165) is 77.9 Å². The van der Waals surface area contributed by atoms with Crippen molar-refractivity contribution in [2.24, 2.45) is 0 Å². The molecule has 0 radical (unpaired) electrons. The molecule has 0 bridgehead atoms. The van der Waals surface area contributed by atoms with Crippen molar-refractivity contribution in [2.45, 2.75) is 0 Å². The van der Waals surface area contributed by atoms with Crippen LogP contribution in [-0.4, -0.2) is 28.4 Å². The molecule has 0 fully saturated rings. The number of rotatable bonds is 7. The Balaban J connectivity index is 1.82. The fourth-order valence-electron chi connectivity index (χ4n) is 5.71. The number of hydrogen-bond donors (Lipinski definition) is 0. The number of fused-ring (bicyclic) bond motifs is 2. The third-order valence-corrected chi connectivity index (χ3v) is 7.46. The van der Waals surface area contributed by atoms with Crippen molar-refractivity contribution < 1.29 is 18.9 Å². The molecule has 0 N–H and O–H groups in total. The topological polar surface area (TPSA) is 36.9 Å². The van der Waals surface area contributed by atoms with E-state index in [1.54, 1.807) is 28.4 Å². The lowest BCUT2D eigenvalue weighted by Crippen LogP contribution is -2.00. The fraction of sp³-hybridized carbons (Fsp3) is 0.111. The third kappa shape index (κ3) is 4.09. The van der Waals surface area contributed by atoms with Crippen LogP contribution < -0.4 is 18.9 Å². The molecule has 4 nitrogen and oxygen atoms in total. The summed E-state index contributed by atoms with van der Waals surface area (Å²) in [5, 5.41) is 4.32. The molecule has 4 heteroatoms. The van der Waals surface area contributed by atoms with Crippen LogP contribution in [0.1, 0.15) is 0 Å². The molecule has 0 aliphatic heterocycles. The van der Waals surface area contributed by atoms with E-state index in [0.29, 0.717) is 0 Å². The van der Waals surface area contributed by atoms with Gasteiger partial charge in [-0.05, 0) is 45.8 Å². The predicted molar refractivity (Wildman–Crippen MR) is 164 cm³/mol. The lowest BCUT2D eigenvalue weighted by atomic mass is 9.86. The highest BCUT2D eigenvalue weighted by Gasteiger charge is 2.26. The molecule has 0 saturated heterocycles. The van der Waals surface area contributed by atoms with E-state index in [4.69, 9.17) is 18.9 Å². The Morgan fingerprint density at radius 3 is 1.15 bits per heavy atom. The molecule has 0 aliphatic rings. The summed E-state index contributed by atoms with van der Waals surface area (Å²) >= 11 is 0. The van der Waals surface area contributed by atoms with Gasteiger partial charge in [0.05, 0.1) is 28.4 Å². The largest absolute Gasteiger partial charge is 0.496 e. The van der Waals surface area contributed by atoms with Gasteiger partial charge >= 0.3 is 0 Å². The molecule has 6 aromatic rings. The minimum absolute atomic E-state index is 0.754. The number of ether oxygens (including phenoxy) is 4. The van der Waals surface area contributed by atoms with Gasteiger partial charge in [0, 0.05) is 33.4 Å². The first-order valence-electron chi connectivity index (χ1n) is 13.2. The van der Waals surface area contributed by atoms with Gasteiger partial charge in [0.15, 0.2) is 0 Å². The molecule has 0 spiro atoms. The van der Waals surface area contributed by atoms with Gasteiger partial charge in [-0.3, -0.25) is 0 Å². The molecule has 0 heterocycles. The smallest absolute Gasteiger partial charge is 0.135 e. The quantitative estimate of drug-likeness (QED) is 0.208. The van der Waals surface area contributed by atoms with Crippen molar-refractivity contribution >= 4 is 21.5 Å². The fourth-order valence-corrected chi connectivity index (χ4v) is 5.71. The summed E-state index contributed by atoms with van der Waals surface area (Å²) in [6.07, 6.45) is 0. The Morgan fingerprint density at radius 2 is 0.750 bits per heavy atom. The van der Waals surface area contributed by atoms with Crippen molar-refractivity contribution in [3.63, 3.8) is 0 Å². The summed E-state index contributed by atoms with van der Waals surface area (Å²) in [4.78, 5) is 0. The lowest BCUT2D eigenvalue weighted by Gasteiger charge is -2.23. The van der Waals surface area contributed by atoms with Crippen LogP contribution in [0.3, 0.4) is 0 Å². The zero-order valence-corrected chi connectivity index (χ0v) is 23.0. The van der Waals surface area contributed by atoms with E-state index in [1.807, 2.05) is 36.4 Å². The highest BCUT2D eigenvalue weighted by Crippen LogP contribution is 2.53. The summed E-state index contributed by atoms with van der Waals surface area (Å²) in [5.74, 6) is 3.07. The van der Waals surface area contributed by atoms with Crippen LogP contribution in [0.15, 0.2) is 109 Å². The molecule has 0 amide bonds. The Morgan fingerprint density at radius 1 is 0.375 bits per heavy atom. The SMILES string of the molecule is COc1ccccc1-c1cc2ccccc2c(-c2c(OC)c(-c3ccccc3OC)cc3ccccc23)c1OC. The summed E-state index contributed by atoms with van der Waals surface area (Å²) in [6.45, 7) is 0. The second-order valence-corrected chi connectivity index (χ2v) is 9.51. The van der Waals surface area contributed by atoms with Gasteiger partial charge in [-0.25, -0.2) is 0 Å². The maximum Gasteiger partial charge on any atom is 0.135 e. The lowest BCUT2D eigenvalue weighted by molar-refractivity contribution is 0.408. The molecule has 0 aromatic heterocycles. The maximum atomic E-state index is 6.30. The summed E-state index contributed by atoms with van der Waals surface area (Å²) in [5.41, 5.74) is 5.73. The number of methoxy groups -OCH3 is 4. The number of benzene rings is 6. The van der Waals surface area contributed by atoms with Crippen LogP contribution in [0.5, 0.6) is 23.0 Å². The summed E-state index contributed by atoms with van der Waals surface area (Å²) < 4.78 is 24.2. The highest BCUT2D eigenvalue weighted by molar-refractivity contribution is 6.14. The van der Waals surface area contributed by atoms with Crippen LogP contribution in [0.25, 0.3) is 54.9 Å². The minimum atomic E-state index is 0.754. The van der Waals surface area contributed by atoms with E-state index < -0.39 is 0 Å². The van der Waals surface area contributed by atoms with Crippen molar-refractivity contribution in [3.05, 3.63) is 109 Å². The molecular formula is C36H30O4. The molecule has 0 atom stereocenters. The molecule has 6 aromatic carbocycles. The number of hydrogen-bond acceptors (Lipinski definition) is 4. The molecule has 0 unspecified atom stereocenters. The van der Waals surface area contributed by atoms with Gasteiger partial charge in [0.2, 0.25) is 0 Å². The monoisotopic (exact) mass is 526 g/mol. The average molecular weight is 527 g/mol. The van der Waals surface area contributed by atoms with Crippen molar-refractivity contribution in [1.29, 1.82) is 0 Å². The van der Waals surface area contributed by atoms with Crippen LogP contribution in [-0.2, 0) is 0 Å². The van der Waals surface area contributed by atoms with E-state index in [2.05, 4.69) is 72.8 Å². The zero-order valence-electron chi connectivity index (χ0n) is 23.0. The molecular weight excluding hydrogens is 496 g/mol. The standard InChI is InChI=1S/C36H30O4/c1-37-31-19-11-9-17-27(31)29-21-23-13-5-7-15-25(23)33(35(29)39-3)34-26-16-8-6-14-24(26)22-30(36(34)40-4)28-18-10-12-20-32(28)38-2/h5-22H,1-4H3. The van der Waals surface area contributed by atoms with E-state index in [9.17, 15) is 0 Å². The molecule has 0 saturated carbocycles. The maximum absolute atomic E-state index is 6.30. The predicted octanol–water partition coefficient (Wildman–Crippen LogP) is 9.03. The second kappa shape index (κ2) is 10.7. The normalized spacial score (nSPS) is 11.0. The van der Waals surface area contributed by atoms with Gasteiger partial charge in [-0.1, -0.05) is 84.9 Å². The van der Waals surface area contributed by atoms with Gasteiger partial charge in [0.25, 0.3) is 0 Å². The first-order valence-corrected chi connectivity index (χ1v) is 13.2.